The fourth-order valence-corrected chi connectivity index (χ4v) is 15.4. The number of nitrogens with two attached hydrogens (primary N) is 3. The Balaban J connectivity index is 0.788. The van der Waals surface area contributed by atoms with E-state index in [2.05, 4.69) is 39.4 Å². The molecule has 0 aromatic carbocycles. The van der Waals surface area contributed by atoms with Crippen molar-refractivity contribution in [3.63, 3.8) is 0 Å². The predicted molar refractivity (Wildman–Crippen MR) is 330 cm³/mol. The number of nitrogens with one attached hydrogen (secondary N) is 3. The normalized spacial score (nSPS) is 29.4. The fraction of sp³-hybridized carbons (Fsp3) is 0.562. The number of hydrogen-bond acceptors (Lipinski definition) is 34. The highest BCUT2D eigenvalue weighted by atomic mass is 31.2. The lowest BCUT2D eigenvalue weighted by Crippen LogP contribution is -2.33. The van der Waals surface area contributed by atoms with Crippen LogP contribution in [-0.2, 0) is 87.2 Å². The Labute approximate surface area is 561 Å². The minimum absolute atomic E-state index is 0.0390. The van der Waals surface area contributed by atoms with E-state index >= 15 is 0 Å². The van der Waals surface area contributed by atoms with Crippen LogP contribution in [0.1, 0.15) is 74.4 Å². The molecular formula is C48H64N15O33P5. The third kappa shape index (κ3) is 18.2. The van der Waals surface area contributed by atoms with Gasteiger partial charge in [-0.3, -0.25) is 92.9 Å². The molecule has 0 spiro atoms. The van der Waals surface area contributed by atoms with Crippen LogP contribution in [0.15, 0.2) is 76.8 Å². The highest BCUT2D eigenvalue weighted by Gasteiger charge is 2.50. The smallest absolute Gasteiger partial charge is 0.390 e. The topological polar surface area (TPSA) is 677 Å². The first-order valence-electron chi connectivity index (χ1n) is 29.7. The number of aromatic nitrogens is 12. The van der Waals surface area contributed by atoms with Gasteiger partial charge in [-0.2, -0.15) is 15.0 Å². The summed E-state index contributed by atoms with van der Waals surface area (Å²) >= 11 is 0. The van der Waals surface area contributed by atoms with Crippen molar-refractivity contribution < 1.29 is 122 Å². The van der Waals surface area contributed by atoms with Gasteiger partial charge in [-0.1, -0.05) is 0 Å². The summed E-state index contributed by atoms with van der Waals surface area (Å²) in [4.78, 5) is 174. The molecule has 11 heterocycles. The zero-order chi connectivity index (χ0) is 73.0. The molecule has 19 atom stereocenters. The molecule has 5 fully saturated rings. The number of imidazole rings is 1. The maximum atomic E-state index is 14.2. The summed E-state index contributed by atoms with van der Waals surface area (Å²) in [6.45, 7) is -2.41. The number of nitrogens with zero attached hydrogens (tertiary/aromatic N) is 9. The summed E-state index contributed by atoms with van der Waals surface area (Å²) in [5.41, 5.74) is 10.6. The molecule has 4 unspecified atom stereocenters. The van der Waals surface area contributed by atoms with E-state index in [1.165, 1.54) is 36.7 Å². The van der Waals surface area contributed by atoms with Crippen LogP contribution in [0.25, 0.3) is 11.2 Å². The lowest BCUT2D eigenvalue weighted by atomic mass is 10.2. The molecule has 11 rings (SSSR count). The van der Waals surface area contributed by atoms with Gasteiger partial charge in [0.15, 0.2) is 11.2 Å². The van der Waals surface area contributed by atoms with Crippen LogP contribution in [0.2, 0.25) is 0 Å². The monoisotopic (exact) mass is 1530 g/mol. The van der Waals surface area contributed by atoms with Crippen LogP contribution < -0.4 is 56.6 Å². The van der Waals surface area contributed by atoms with E-state index in [9.17, 15) is 90.9 Å². The molecule has 101 heavy (non-hydrogen) atoms. The van der Waals surface area contributed by atoms with Crippen molar-refractivity contribution >= 4 is 67.9 Å². The summed E-state index contributed by atoms with van der Waals surface area (Å²) in [6, 6.07) is 2.38. The first-order chi connectivity index (χ1) is 47.3. The average Bonchev–Trinajstić information content (AvgIpc) is 1.66. The number of aromatic amines is 3. The van der Waals surface area contributed by atoms with Crippen LogP contribution in [0.5, 0.6) is 0 Å². The Morgan fingerprint density at radius 1 is 0.475 bits per heavy atom. The maximum absolute atomic E-state index is 14.2. The molecule has 48 nitrogen and oxygen atoms in total. The van der Waals surface area contributed by atoms with E-state index in [-0.39, 0.29) is 46.3 Å². The molecule has 6 aromatic rings. The molecule has 53 heteroatoms. The number of anilines is 3. The van der Waals surface area contributed by atoms with Crippen LogP contribution in [0.3, 0.4) is 0 Å². The number of phosphoric ester groups is 5. The average molecular weight is 1530 g/mol. The SMILES string of the molecule is Cc1cn([C@H]2C[C@H](OP(=O)(O)OC[C@H]3O[C@@H](n4cnc5c(=O)[nH]c(N)nc54)C[C@@H]3OP(=O)(O)OC[C@H]3O[C@@H](n4cc(C)c(=O)[nH]c4=O)C[C@@H]3O)[C@@H](COP(=O)(O)O[C@H]3C[C@H](n4ccc(N)nc4=O)O[C@@H]3COP(=O)(O)O[C@H]3C[C@H](n4ccc(N)nc4=O)O[C@@H]3COP(=O)(O)O)O2)c(=O)[nH]c1=O. The largest absolute Gasteiger partial charge is 0.472 e. The van der Waals surface area contributed by atoms with E-state index in [1.54, 1.807) is 0 Å². The number of aliphatic hydroxyl groups is 1. The Bertz CT molecular complexity index is 4790. The zero-order valence-electron chi connectivity index (χ0n) is 52.0. The lowest BCUT2D eigenvalue weighted by molar-refractivity contribution is -0.0645. The number of phosphoric acid groups is 5. The molecule has 0 saturated carbocycles. The summed E-state index contributed by atoms with van der Waals surface area (Å²) in [7, 11) is -27.2. The fourth-order valence-electron chi connectivity index (χ4n) is 11.3. The Kier molecular flexibility index (Phi) is 22.2. The van der Waals surface area contributed by atoms with Crippen molar-refractivity contribution in [2.24, 2.45) is 0 Å². The molecule has 6 aromatic heterocycles. The van der Waals surface area contributed by atoms with E-state index in [0.717, 1.165) is 43.2 Å². The predicted octanol–water partition coefficient (Wildman–Crippen LogP) is -2.99. The Morgan fingerprint density at radius 2 is 0.822 bits per heavy atom. The maximum Gasteiger partial charge on any atom is 0.472 e. The number of fused-ring (bicyclic) bond motifs is 1. The molecule has 0 aliphatic carbocycles. The van der Waals surface area contributed by atoms with Crippen LogP contribution in [0.4, 0.5) is 17.6 Å². The third-order valence-corrected chi connectivity index (χ3v) is 20.5. The third-order valence-electron chi connectivity index (χ3n) is 16.0. The molecule has 5 saturated heterocycles. The summed E-state index contributed by atoms with van der Waals surface area (Å²) < 4.78 is 149. The van der Waals surface area contributed by atoms with E-state index in [0.29, 0.717) is 0 Å². The minimum Gasteiger partial charge on any atom is -0.390 e. The number of H-pyrrole nitrogens is 3. The molecule has 0 radical (unpaired) electrons. The minimum atomic E-state index is -5.59. The first kappa shape index (κ1) is 75.3. The number of ether oxygens (including phenoxy) is 5. The van der Waals surface area contributed by atoms with Gasteiger partial charge in [-0.25, -0.2) is 47.0 Å². The lowest BCUT2D eigenvalue weighted by Gasteiger charge is -2.25. The molecule has 5 aliphatic heterocycles. The van der Waals surface area contributed by atoms with E-state index in [1.807, 2.05) is 0 Å². The van der Waals surface area contributed by atoms with Gasteiger partial charge in [0.1, 0.15) is 97.7 Å². The van der Waals surface area contributed by atoms with Gasteiger partial charge < -0.3 is 75.4 Å². The van der Waals surface area contributed by atoms with E-state index < -0.39 is 229 Å². The van der Waals surface area contributed by atoms with Gasteiger partial charge in [-0.05, 0) is 26.0 Å². The van der Waals surface area contributed by atoms with Crippen molar-refractivity contribution in [3.05, 3.63) is 127 Å². The Morgan fingerprint density at radius 3 is 1.21 bits per heavy atom. The number of aryl methyl sites for hydroxylation is 2. The number of rotatable bonds is 28. The summed E-state index contributed by atoms with van der Waals surface area (Å²) in [5.74, 6) is -0.781. The summed E-state index contributed by atoms with van der Waals surface area (Å²) in [5, 5.41) is 10.8. The molecule has 5 aliphatic rings. The highest BCUT2D eigenvalue weighted by Crippen LogP contribution is 2.55. The van der Waals surface area contributed by atoms with E-state index in [4.69, 9.17) is 77.1 Å². The van der Waals surface area contributed by atoms with Crippen LogP contribution in [0, 0.1) is 13.8 Å². The number of aliphatic hydroxyl groups excluding tert-OH is 1. The van der Waals surface area contributed by atoms with Gasteiger partial charge in [-0.15, -0.1) is 0 Å². The number of hydrogen-bond donors (Lipinski definition) is 13. The van der Waals surface area contributed by atoms with Gasteiger partial charge in [0.05, 0.1) is 45.5 Å². The second kappa shape index (κ2) is 29.7. The van der Waals surface area contributed by atoms with Gasteiger partial charge in [0, 0.05) is 68.0 Å². The molecule has 0 amide bonds. The van der Waals surface area contributed by atoms with Crippen molar-refractivity contribution in [1.82, 2.24) is 57.7 Å². The standard InChI is InChI=1S/C48H64N15O33P5/c1-20-12-61(47(70)57-41(20)65)34-7-22(64)27(88-34)14-84-98(75,76)96-26-11-38(63-19-52-39-40(63)55-44(51)56-43(39)67)92-31(26)18-87-101(81,82)95-25-10-37(62-13-21(2)42(66)58-48(62)71)91-30(25)17-86-100(79,80)94-24-9-36(60-6-4-33(50)54-46(60)69)90-29(24)16-85-99(77,78)93-23-8-35(59-5-3-32(49)53-45(59)68)89-28(23)15-83-97(72,73)74/h3-6,12-13,19,22-31,34-38,64H,7-11,14-18H2,1-2H3,(H,75,76)(H,77,78)(H,79,80)(H,81,82)(H2,49,53,68)(H2,50,54,69)(H,57,65,70)(H,58,66,71)(H2,72,73,74)(H3,51,55,56,67)/t22-,23-,24-,25-,26-,27+,28+,29+,30+,31+,34+,35+,36+,37+,38+/m0/s1. The Hall–Kier alpha value is -6.82. The second-order valence-electron chi connectivity index (χ2n) is 23.1. The van der Waals surface area contributed by atoms with Crippen molar-refractivity contribution in [1.29, 1.82) is 0 Å². The van der Waals surface area contributed by atoms with Crippen molar-refractivity contribution in [2.75, 3.05) is 50.2 Å². The molecular weight excluding hydrogens is 1470 g/mol. The molecule has 16 N–H and O–H groups in total. The molecule has 554 valence electrons. The first-order valence-corrected chi connectivity index (χ1v) is 37.2. The van der Waals surface area contributed by atoms with Crippen LogP contribution in [-0.4, -0.2) is 186 Å². The van der Waals surface area contributed by atoms with Gasteiger partial charge >= 0.3 is 61.9 Å². The van der Waals surface area contributed by atoms with Crippen LogP contribution >= 0.6 is 39.1 Å². The van der Waals surface area contributed by atoms with Gasteiger partial charge in [0.2, 0.25) is 5.95 Å². The quantitative estimate of drug-likeness (QED) is 0.0218. The van der Waals surface area contributed by atoms with Crippen molar-refractivity contribution in [2.45, 2.75) is 138 Å². The molecule has 0 bridgehead atoms. The number of nitrogen functional groups attached to an aromatic ring is 3. The highest BCUT2D eigenvalue weighted by molar-refractivity contribution is 7.48. The van der Waals surface area contributed by atoms with Crippen molar-refractivity contribution in [3.8, 4) is 0 Å². The second-order valence-corrected chi connectivity index (χ2v) is 30.0. The zero-order valence-corrected chi connectivity index (χ0v) is 56.5. The van der Waals surface area contributed by atoms with Gasteiger partial charge in [0.25, 0.3) is 16.7 Å². The summed E-state index contributed by atoms with van der Waals surface area (Å²) in [6.07, 6.45) is -20.1.